The molecule has 0 heterocycles. The van der Waals surface area contributed by atoms with Gasteiger partial charge in [-0.15, -0.1) is 0 Å². The molecule has 0 aromatic heterocycles. The van der Waals surface area contributed by atoms with Gasteiger partial charge in [0.2, 0.25) is 10.0 Å². The summed E-state index contributed by atoms with van der Waals surface area (Å²) in [6, 6.07) is 0. The summed E-state index contributed by atoms with van der Waals surface area (Å²) in [5, 5.41) is 0. The van der Waals surface area contributed by atoms with E-state index < -0.39 is 15.6 Å². The maximum Gasteiger partial charge on any atom is 0.214 e. The third-order valence-corrected chi connectivity index (χ3v) is 4.47. The van der Waals surface area contributed by atoms with Gasteiger partial charge in [0.25, 0.3) is 0 Å². The molecule has 0 atom stereocenters. The van der Waals surface area contributed by atoms with Crippen LogP contribution in [0.2, 0.25) is 0 Å². The molecule has 0 bridgehead atoms. The van der Waals surface area contributed by atoms with E-state index in [-0.39, 0.29) is 12.4 Å². The van der Waals surface area contributed by atoms with Gasteiger partial charge in [0.05, 0.1) is 12.4 Å². The lowest BCUT2D eigenvalue weighted by atomic mass is 10.0. The Labute approximate surface area is 97.8 Å². The molecule has 96 valence electrons. The number of rotatable bonds is 7. The van der Waals surface area contributed by atoms with Crippen LogP contribution >= 0.6 is 0 Å². The first-order valence-corrected chi connectivity index (χ1v) is 7.48. The Bertz CT molecular complexity index is 297. The van der Waals surface area contributed by atoms with Gasteiger partial charge in [-0.25, -0.2) is 13.1 Å². The first-order valence-electron chi connectivity index (χ1n) is 5.83. The lowest BCUT2D eigenvalue weighted by Crippen LogP contribution is -2.52. The lowest BCUT2D eigenvalue weighted by molar-refractivity contribution is 0.163. The topological polar surface area (TPSA) is 81.4 Å². The summed E-state index contributed by atoms with van der Waals surface area (Å²) in [5.41, 5.74) is 5.27. The summed E-state index contributed by atoms with van der Waals surface area (Å²) in [5.74, 6) is 0.0165. The minimum Gasteiger partial charge on any atom is -0.381 e. The Morgan fingerprint density at radius 1 is 1.38 bits per heavy atom. The molecule has 16 heavy (non-hydrogen) atoms. The van der Waals surface area contributed by atoms with Crippen molar-refractivity contribution < 1.29 is 13.2 Å². The fourth-order valence-electron chi connectivity index (χ4n) is 2.09. The van der Waals surface area contributed by atoms with Crippen molar-refractivity contribution in [2.45, 2.75) is 38.1 Å². The van der Waals surface area contributed by atoms with Gasteiger partial charge in [-0.05, 0) is 19.8 Å². The van der Waals surface area contributed by atoms with E-state index in [2.05, 4.69) is 4.72 Å². The van der Waals surface area contributed by atoms with Crippen molar-refractivity contribution in [3.05, 3.63) is 0 Å². The summed E-state index contributed by atoms with van der Waals surface area (Å²) in [7, 11) is -3.26. The third-order valence-electron chi connectivity index (χ3n) is 3.02. The second-order valence-corrected chi connectivity index (χ2v) is 6.15. The van der Waals surface area contributed by atoms with E-state index in [0.717, 1.165) is 25.7 Å². The molecular formula is C10H22N2O3S. The van der Waals surface area contributed by atoms with E-state index >= 15 is 0 Å². The van der Waals surface area contributed by atoms with Crippen molar-refractivity contribution in [1.82, 2.24) is 4.72 Å². The van der Waals surface area contributed by atoms with Gasteiger partial charge in [-0.1, -0.05) is 12.8 Å². The molecule has 1 rings (SSSR count). The van der Waals surface area contributed by atoms with Gasteiger partial charge in [0.1, 0.15) is 0 Å². The quantitative estimate of drug-likeness (QED) is 0.633. The molecule has 0 amide bonds. The van der Waals surface area contributed by atoms with Gasteiger partial charge in [-0.2, -0.15) is 0 Å². The van der Waals surface area contributed by atoms with Gasteiger partial charge in [-0.3, -0.25) is 0 Å². The van der Waals surface area contributed by atoms with Crippen molar-refractivity contribution in [3.63, 3.8) is 0 Å². The van der Waals surface area contributed by atoms with Crippen LogP contribution in [0.5, 0.6) is 0 Å². The highest BCUT2D eigenvalue weighted by atomic mass is 32.2. The van der Waals surface area contributed by atoms with Crippen LogP contribution in [-0.2, 0) is 14.8 Å². The minimum absolute atomic E-state index is 0.0165. The monoisotopic (exact) mass is 250 g/mol. The second-order valence-electron chi connectivity index (χ2n) is 4.31. The van der Waals surface area contributed by atoms with Crippen molar-refractivity contribution in [3.8, 4) is 0 Å². The van der Waals surface area contributed by atoms with E-state index in [9.17, 15) is 8.42 Å². The Hall–Kier alpha value is -0.170. The summed E-state index contributed by atoms with van der Waals surface area (Å²) < 4.78 is 31.4. The summed E-state index contributed by atoms with van der Waals surface area (Å²) >= 11 is 0. The molecule has 0 spiro atoms. The van der Waals surface area contributed by atoms with Gasteiger partial charge in [0.15, 0.2) is 0 Å². The fraction of sp³-hybridized carbons (Fsp3) is 1.00. The van der Waals surface area contributed by atoms with Crippen molar-refractivity contribution in [1.29, 1.82) is 0 Å². The number of nitrogens with two attached hydrogens (primary N) is 1. The van der Waals surface area contributed by atoms with Crippen LogP contribution in [0, 0.1) is 0 Å². The van der Waals surface area contributed by atoms with Gasteiger partial charge >= 0.3 is 0 Å². The highest BCUT2D eigenvalue weighted by molar-refractivity contribution is 7.89. The van der Waals surface area contributed by atoms with Crippen LogP contribution in [0.25, 0.3) is 0 Å². The van der Waals surface area contributed by atoms with Crippen LogP contribution < -0.4 is 10.5 Å². The molecular weight excluding hydrogens is 228 g/mol. The highest BCUT2D eigenvalue weighted by Gasteiger charge is 2.35. The molecule has 5 nitrogen and oxygen atoms in total. The Morgan fingerprint density at radius 2 is 2.00 bits per heavy atom. The lowest BCUT2D eigenvalue weighted by Gasteiger charge is -2.28. The molecule has 1 saturated carbocycles. The molecule has 0 aliphatic heterocycles. The first kappa shape index (κ1) is 13.9. The van der Waals surface area contributed by atoms with Crippen molar-refractivity contribution in [2.24, 2.45) is 5.73 Å². The van der Waals surface area contributed by atoms with E-state index in [0.29, 0.717) is 13.2 Å². The fourth-order valence-corrected chi connectivity index (χ4v) is 3.48. The first-order chi connectivity index (χ1) is 7.54. The summed E-state index contributed by atoms with van der Waals surface area (Å²) in [6.45, 7) is 3.00. The van der Waals surface area contributed by atoms with Crippen molar-refractivity contribution in [2.75, 3.05) is 25.5 Å². The van der Waals surface area contributed by atoms with Crippen molar-refractivity contribution >= 4 is 10.0 Å². The molecule has 1 aliphatic carbocycles. The predicted octanol–water partition coefficient (Wildman–Crippen LogP) is 0.214. The number of nitrogens with one attached hydrogen (secondary N) is 1. The average Bonchev–Trinajstić information content (AvgIpc) is 2.66. The molecule has 1 aliphatic rings. The standard InChI is InChI=1S/C10H22N2O3S/c1-2-15-7-8-16(13,14)12-10(9-11)5-3-4-6-10/h12H,2-9,11H2,1H3. The Balaban J connectivity index is 2.50. The minimum atomic E-state index is -3.26. The van der Waals surface area contributed by atoms with E-state index in [1.807, 2.05) is 6.92 Å². The predicted molar refractivity (Wildman–Crippen MR) is 63.7 cm³/mol. The zero-order chi connectivity index (χ0) is 12.1. The molecule has 6 heteroatoms. The maximum atomic E-state index is 11.8. The Kier molecular flexibility index (Phi) is 5.17. The molecule has 1 fully saturated rings. The molecule has 0 radical (unpaired) electrons. The zero-order valence-electron chi connectivity index (χ0n) is 9.87. The molecule has 3 N–H and O–H groups in total. The normalized spacial score (nSPS) is 20.1. The number of hydrogen-bond donors (Lipinski definition) is 2. The smallest absolute Gasteiger partial charge is 0.214 e. The molecule has 0 aromatic rings. The third kappa shape index (κ3) is 4.01. The van der Waals surface area contributed by atoms with Crippen LogP contribution in [0.4, 0.5) is 0 Å². The van der Waals surface area contributed by atoms with Crippen LogP contribution in [-0.4, -0.2) is 39.5 Å². The summed E-state index contributed by atoms with van der Waals surface area (Å²) in [4.78, 5) is 0. The van der Waals surface area contributed by atoms with Crippen LogP contribution in [0.3, 0.4) is 0 Å². The average molecular weight is 250 g/mol. The number of hydrogen-bond acceptors (Lipinski definition) is 4. The SMILES string of the molecule is CCOCCS(=O)(=O)NC1(CN)CCCC1. The molecule has 0 unspecified atom stereocenters. The van der Waals surface area contributed by atoms with Gasteiger partial charge < -0.3 is 10.5 Å². The Morgan fingerprint density at radius 3 is 2.50 bits per heavy atom. The van der Waals surface area contributed by atoms with Crippen LogP contribution in [0.1, 0.15) is 32.6 Å². The highest BCUT2D eigenvalue weighted by Crippen LogP contribution is 2.29. The zero-order valence-corrected chi connectivity index (χ0v) is 10.7. The molecule has 0 aromatic carbocycles. The largest absolute Gasteiger partial charge is 0.381 e. The maximum absolute atomic E-state index is 11.8. The number of sulfonamides is 1. The second kappa shape index (κ2) is 5.95. The van der Waals surface area contributed by atoms with Crippen LogP contribution in [0.15, 0.2) is 0 Å². The van der Waals surface area contributed by atoms with E-state index in [1.54, 1.807) is 0 Å². The van der Waals surface area contributed by atoms with E-state index in [1.165, 1.54) is 0 Å². The van der Waals surface area contributed by atoms with Gasteiger partial charge in [0, 0.05) is 18.7 Å². The summed E-state index contributed by atoms with van der Waals surface area (Å²) in [6.07, 6.45) is 3.78. The van der Waals surface area contributed by atoms with E-state index in [4.69, 9.17) is 10.5 Å². The number of ether oxygens (including phenoxy) is 1. The molecule has 0 saturated heterocycles.